The minimum absolute atomic E-state index is 0.123. The van der Waals surface area contributed by atoms with Crippen LogP contribution < -0.4 is 9.64 Å². The summed E-state index contributed by atoms with van der Waals surface area (Å²) in [5, 5.41) is 1.21. The standard InChI is InChI=1S/C25H27ClN2O5/c1-4-31-22(29)11-17-15-28(14-16-9-7-6-8-10-16)20-13-19(26)18-12-21(25(30)32-5-2)27(3)23(18)24(20)33-17/h6-10,12-13,17H,4-5,11,14-15H2,1-3H3. The van der Waals surface area contributed by atoms with E-state index in [1.54, 1.807) is 31.5 Å². The van der Waals surface area contributed by atoms with Gasteiger partial charge in [0.1, 0.15) is 11.8 Å². The molecule has 3 aromatic rings. The number of hydrogen-bond acceptors (Lipinski definition) is 6. The molecule has 0 radical (unpaired) electrons. The highest BCUT2D eigenvalue weighted by atomic mass is 35.5. The molecule has 8 heteroatoms. The van der Waals surface area contributed by atoms with Crippen LogP contribution in [0.2, 0.25) is 5.02 Å². The van der Waals surface area contributed by atoms with Crippen LogP contribution in [0.4, 0.5) is 5.69 Å². The Morgan fingerprint density at radius 3 is 2.55 bits per heavy atom. The van der Waals surface area contributed by atoms with E-state index in [1.165, 1.54) is 0 Å². The quantitative estimate of drug-likeness (QED) is 0.465. The van der Waals surface area contributed by atoms with Crippen LogP contribution in [0.25, 0.3) is 10.9 Å². The molecule has 2 aromatic carbocycles. The number of halogens is 1. The first kappa shape index (κ1) is 23.0. The van der Waals surface area contributed by atoms with Crippen molar-refractivity contribution in [1.29, 1.82) is 0 Å². The molecule has 1 aliphatic heterocycles. The van der Waals surface area contributed by atoms with Gasteiger partial charge in [-0.2, -0.15) is 0 Å². The summed E-state index contributed by atoms with van der Waals surface area (Å²) in [5.41, 5.74) is 3.00. The number of carbonyl (C=O) groups is 2. The van der Waals surface area contributed by atoms with E-state index in [2.05, 4.69) is 17.0 Å². The molecule has 0 saturated carbocycles. The first-order valence-corrected chi connectivity index (χ1v) is 11.4. The molecule has 1 aromatic heterocycles. The van der Waals surface area contributed by atoms with Crippen molar-refractivity contribution in [2.45, 2.75) is 32.9 Å². The molecule has 0 amide bonds. The van der Waals surface area contributed by atoms with Crippen LogP contribution in [0.3, 0.4) is 0 Å². The third kappa shape index (κ3) is 4.64. The molecule has 0 saturated heterocycles. The summed E-state index contributed by atoms with van der Waals surface area (Å²) < 4.78 is 18.4. The highest BCUT2D eigenvalue weighted by Gasteiger charge is 2.32. The summed E-state index contributed by atoms with van der Waals surface area (Å²) in [7, 11) is 1.78. The lowest BCUT2D eigenvalue weighted by molar-refractivity contribution is -0.144. The summed E-state index contributed by atoms with van der Waals surface area (Å²) in [6, 6.07) is 13.6. The third-order valence-corrected chi connectivity index (χ3v) is 5.96. The Bertz CT molecular complexity index is 1170. The second-order valence-electron chi connectivity index (χ2n) is 7.89. The Balaban J connectivity index is 1.81. The Kier molecular flexibility index (Phi) is 6.79. The van der Waals surface area contributed by atoms with Gasteiger partial charge in [-0.25, -0.2) is 4.79 Å². The van der Waals surface area contributed by atoms with Gasteiger partial charge in [0.25, 0.3) is 0 Å². The van der Waals surface area contributed by atoms with Crippen LogP contribution in [0.5, 0.6) is 5.75 Å². The monoisotopic (exact) mass is 470 g/mol. The van der Waals surface area contributed by atoms with E-state index in [0.717, 1.165) is 11.3 Å². The van der Waals surface area contributed by atoms with E-state index in [1.807, 2.05) is 24.3 Å². The number of carbonyl (C=O) groups excluding carboxylic acids is 2. The first-order valence-electron chi connectivity index (χ1n) is 11.0. The van der Waals surface area contributed by atoms with Crippen molar-refractivity contribution in [1.82, 2.24) is 4.57 Å². The second kappa shape index (κ2) is 9.75. The summed E-state index contributed by atoms with van der Waals surface area (Å²) >= 11 is 6.67. The molecule has 0 bridgehead atoms. The molecular formula is C25H27ClN2O5. The molecule has 4 rings (SSSR count). The number of nitrogens with zero attached hydrogens (tertiary/aromatic N) is 2. The molecule has 0 fully saturated rings. The number of fused-ring (bicyclic) bond motifs is 3. The van der Waals surface area contributed by atoms with Crippen LogP contribution in [-0.4, -0.2) is 42.4 Å². The first-order chi connectivity index (χ1) is 15.9. The number of ether oxygens (including phenoxy) is 3. The lowest BCUT2D eigenvalue weighted by Gasteiger charge is -2.37. The van der Waals surface area contributed by atoms with Crippen molar-refractivity contribution >= 4 is 40.1 Å². The average molecular weight is 471 g/mol. The lowest BCUT2D eigenvalue weighted by atomic mass is 10.1. The summed E-state index contributed by atoms with van der Waals surface area (Å²) in [4.78, 5) is 26.9. The number of esters is 2. The predicted molar refractivity (Wildman–Crippen MR) is 127 cm³/mol. The van der Waals surface area contributed by atoms with Crippen LogP contribution in [-0.2, 0) is 27.9 Å². The zero-order valence-corrected chi connectivity index (χ0v) is 19.7. The Hall–Kier alpha value is -3.19. The maximum Gasteiger partial charge on any atom is 0.354 e. The fourth-order valence-electron chi connectivity index (χ4n) is 4.21. The number of aromatic nitrogens is 1. The zero-order chi connectivity index (χ0) is 23.5. The molecule has 0 aliphatic carbocycles. The maximum absolute atomic E-state index is 12.5. The van der Waals surface area contributed by atoms with E-state index < -0.39 is 12.1 Å². The van der Waals surface area contributed by atoms with Gasteiger partial charge in [-0.3, -0.25) is 4.79 Å². The SMILES string of the molecule is CCOC(=O)CC1CN(Cc2ccccc2)c2cc(Cl)c3cc(C(=O)OCC)n(C)c3c2O1. The number of rotatable bonds is 7. The Morgan fingerprint density at radius 1 is 1.12 bits per heavy atom. The van der Waals surface area contributed by atoms with E-state index in [-0.39, 0.29) is 19.0 Å². The predicted octanol–water partition coefficient (Wildman–Crippen LogP) is 4.73. The minimum atomic E-state index is -0.430. The van der Waals surface area contributed by atoms with Crippen LogP contribution in [0, 0.1) is 0 Å². The van der Waals surface area contributed by atoms with Gasteiger partial charge < -0.3 is 23.7 Å². The average Bonchev–Trinajstić information content (AvgIpc) is 3.14. The molecular weight excluding hydrogens is 444 g/mol. The van der Waals surface area contributed by atoms with Crippen LogP contribution >= 0.6 is 11.6 Å². The van der Waals surface area contributed by atoms with E-state index in [9.17, 15) is 9.59 Å². The van der Waals surface area contributed by atoms with Crippen LogP contribution in [0.15, 0.2) is 42.5 Å². The summed E-state index contributed by atoms with van der Waals surface area (Å²) in [5.74, 6) is -0.153. The van der Waals surface area contributed by atoms with Crippen molar-refractivity contribution in [3.05, 3.63) is 58.7 Å². The number of aryl methyl sites for hydroxylation is 1. The van der Waals surface area contributed by atoms with Crippen molar-refractivity contribution in [2.24, 2.45) is 7.05 Å². The lowest BCUT2D eigenvalue weighted by Crippen LogP contribution is -2.41. The van der Waals surface area contributed by atoms with Gasteiger partial charge >= 0.3 is 11.9 Å². The molecule has 2 heterocycles. The molecule has 174 valence electrons. The normalized spacial score (nSPS) is 15.2. The van der Waals surface area contributed by atoms with E-state index in [0.29, 0.717) is 47.1 Å². The van der Waals surface area contributed by atoms with Crippen molar-refractivity contribution in [3.8, 4) is 5.75 Å². The second-order valence-corrected chi connectivity index (χ2v) is 8.30. The van der Waals surface area contributed by atoms with E-state index >= 15 is 0 Å². The van der Waals surface area contributed by atoms with Gasteiger partial charge in [-0.15, -0.1) is 0 Å². The molecule has 1 atom stereocenters. The van der Waals surface area contributed by atoms with Gasteiger partial charge in [-0.1, -0.05) is 41.9 Å². The third-order valence-electron chi connectivity index (χ3n) is 5.65. The molecule has 33 heavy (non-hydrogen) atoms. The van der Waals surface area contributed by atoms with Crippen molar-refractivity contribution < 1.29 is 23.8 Å². The summed E-state index contributed by atoms with van der Waals surface area (Å²) in [6.07, 6.45) is -0.289. The van der Waals surface area contributed by atoms with Gasteiger partial charge in [0, 0.05) is 19.0 Å². The molecule has 0 N–H and O–H groups in total. The van der Waals surface area contributed by atoms with E-state index in [4.69, 9.17) is 25.8 Å². The molecule has 0 spiro atoms. The van der Waals surface area contributed by atoms with Crippen molar-refractivity contribution in [3.63, 3.8) is 0 Å². The topological polar surface area (TPSA) is 70.0 Å². The Labute approximate surface area is 197 Å². The number of anilines is 1. The molecule has 7 nitrogen and oxygen atoms in total. The van der Waals surface area contributed by atoms with Gasteiger partial charge in [0.2, 0.25) is 0 Å². The smallest absolute Gasteiger partial charge is 0.354 e. The van der Waals surface area contributed by atoms with Crippen molar-refractivity contribution in [2.75, 3.05) is 24.7 Å². The fraction of sp³-hybridized carbons (Fsp3) is 0.360. The largest absolute Gasteiger partial charge is 0.484 e. The Morgan fingerprint density at radius 2 is 1.85 bits per heavy atom. The number of hydrogen-bond donors (Lipinski definition) is 0. The zero-order valence-electron chi connectivity index (χ0n) is 19.0. The highest BCUT2D eigenvalue weighted by Crippen LogP contribution is 2.45. The van der Waals surface area contributed by atoms with Crippen LogP contribution in [0.1, 0.15) is 36.3 Å². The van der Waals surface area contributed by atoms with Gasteiger partial charge in [0.05, 0.1) is 42.4 Å². The van der Waals surface area contributed by atoms with Gasteiger partial charge in [0.15, 0.2) is 5.75 Å². The highest BCUT2D eigenvalue weighted by molar-refractivity contribution is 6.36. The summed E-state index contributed by atoms with van der Waals surface area (Å²) in [6.45, 7) is 5.25. The number of benzene rings is 2. The molecule has 1 aliphatic rings. The van der Waals surface area contributed by atoms with Gasteiger partial charge in [-0.05, 0) is 31.5 Å². The maximum atomic E-state index is 12.5. The minimum Gasteiger partial charge on any atom is -0.484 e. The fourth-order valence-corrected chi connectivity index (χ4v) is 4.46. The molecule has 1 unspecified atom stereocenters.